The van der Waals surface area contributed by atoms with Crippen molar-refractivity contribution in [1.82, 2.24) is 0 Å². The zero-order valence-corrected chi connectivity index (χ0v) is 10.6. The molecule has 2 heteroatoms. The van der Waals surface area contributed by atoms with Crippen LogP contribution in [0.2, 0.25) is 0 Å². The molecule has 83 valence electrons. The highest BCUT2D eigenvalue weighted by atomic mass is 35.5. The van der Waals surface area contributed by atoms with Gasteiger partial charge in [0.1, 0.15) is 4.49 Å². The van der Waals surface area contributed by atoms with Gasteiger partial charge in [0.05, 0.1) is 0 Å². The van der Waals surface area contributed by atoms with E-state index < -0.39 is 0 Å². The fraction of sp³-hybridized carbons (Fsp3) is 0.750. The Morgan fingerprint density at radius 1 is 0.857 bits per heavy atom. The summed E-state index contributed by atoms with van der Waals surface area (Å²) in [6.07, 6.45) is 14.4. The smallest absolute Gasteiger partial charge is 0.0713 e. The Hall–Kier alpha value is 0.320. The molecular weight excluding hydrogens is 215 g/mol. The topological polar surface area (TPSA) is 0 Å². The van der Waals surface area contributed by atoms with Crippen LogP contribution < -0.4 is 0 Å². The normalized spacial score (nSPS) is 10.2. The van der Waals surface area contributed by atoms with Crippen LogP contribution in [-0.4, -0.2) is 0 Å². The van der Waals surface area contributed by atoms with E-state index in [1.807, 2.05) is 6.08 Å². The van der Waals surface area contributed by atoms with Crippen molar-refractivity contribution in [3.8, 4) is 0 Å². The molecule has 0 aliphatic rings. The van der Waals surface area contributed by atoms with Crippen molar-refractivity contribution in [1.29, 1.82) is 0 Å². The Bertz CT molecular complexity index is 137. The predicted molar refractivity (Wildman–Crippen MR) is 66.7 cm³/mol. The van der Waals surface area contributed by atoms with E-state index in [0.29, 0.717) is 4.49 Å². The second-order valence-corrected chi connectivity index (χ2v) is 4.61. The first-order chi connectivity index (χ1) is 6.77. The average Bonchev–Trinajstić information content (AvgIpc) is 2.15. The van der Waals surface area contributed by atoms with Crippen LogP contribution in [0.25, 0.3) is 0 Å². The second kappa shape index (κ2) is 11.4. The molecule has 0 rings (SSSR count). The summed E-state index contributed by atoms with van der Waals surface area (Å²) in [6, 6.07) is 0. The lowest BCUT2D eigenvalue weighted by Crippen LogP contribution is -1.80. The molecule has 0 aromatic rings. The summed E-state index contributed by atoms with van der Waals surface area (Å²) in [7, 11) is 0. The van der Waals surface area contributed by atoms with E-state index in [4.69, 9.17) is 23.2 Å². The summed E-state index contributed by atoms with van der Waals surface area (Å²) in [5.74, 6) is 0. The van der Waals surface area contributed by atoms with E-state index in [2.05, 4.69) is 13.3 Å². The van der Waals surface area contributed by atoms with Gasteiger partial charge < -0.3 is 0 Å². The van der Waals surface area contributed by atoms with Gasteiger partial charge >= 0.3 is 0 Å². The van der Waals surface area contributed by atoms with E-state index in [0.717, 1.165) is 6.42 Å². The van der Waals surface area contributed by atoms with Crippen molar-refractivity contribution >= 4 is 23.2 Å². The molecule has 0 aliphatic carbocycles. The van der Waals surface area contributed by atoms with Gasteiger partial charge in [-0.1, -0.05) is 74.7 Å². The molecule has 0 fully saturated rings. The van der Waals surface area contributed by atoms with Gasteiger partial charge in [0.2, 0.25) is 0 Å². The van der Waals surface area contributed by atoms with Crippen LogP contribution >= 0.6 is 23.2 Å². The molecule has 14 heavy (non-hydrogen) atoms. The molecule has 0 aliphatic heterocycles. The molecule has 0 atom stereocenters. The SMILES string of the molecule is C[CH]CCCCCCCCC=C(Cl)Cl. The van der Waals surface area contributed by atoms with Crippen LogP contribution in [0.3, 0.4) is 0 Å². The lowest BCUT2D eigenvalue weighted by molar-refractivity contribution is 0.595. The van der Waals surface area contributed by atoms with Gasteiger partial charge in [0.15, 0.2) is 0 Å². The molecule has 0 spiro atoms. The maximum absolute atomic E-state index is 5.50. The third kappa shape index (κ3) is 12.3. The summed E-state index contributed by atoms with van der Waals surface area (Å²) in [6.45, 7) is 2.13. The highest BCUT2D eigenvalue weighted by Gasteiger charge is 1.91. The Morgan fingerprint density at radius 2 is 1.36 bits per heavy atom. The summed E-state index contributed by atoms with van der Waals surface area (Å²) in [4.78, 5) is 0. The summed E-state index contributed by atoms with van der Waals surface area (Å²) in [5, 5.41) is 0. The standard InChI is InChI=1S/C12H21Cl2/c1-2-3-4-5-6-7-8-9-10-11-12(13)14/h2,11H,3-10H2,1H3. The summed E-state index contributed by atoms with van der Waals surface area (Å²) >= 11 is 11.0. The van der Waals surface area contributed by atoms with Crippen LogP contribution in [0.15, 0.2) is 10.6 Å². The zero-order valence-electron chi connectivity index (χ0n) is 9.07. The molecule has 0 saturated carbocycles. The van der Waals surface area contributed by atoms with Crippen LogP contribution in [0.5, 0.6) is 0 Å². The molecule has 0 heterocycles. The number of hydrogen-bond acceptors (Lipinski definition) is 0. The molecular formula is C12H21Cl2. The fourth-order valence-corrected chi connectivity index (χ4v) is 1.63. The second-order valence-electron chi connectivity index (χ2n) is 3.60. The fourth-order valence-electron chi connectivity index (χ4n) is 1.41. The molecule has 0 aromatic heterocycles. The molecule has 0 nitrogen and oxygen atoms in total. The Morgan fingerprint density at radius 3 is 1.86 bits per heavy atom. The first-order valence-electron chi connectivity index (χ1n) is 5.56. The molecule has 0 unspecified atom stereocenters. The summed E-state index contributed by atoms with van der Waals surface area (Å²) in [5.41, 5.74) is 0. The van der Waals surface area contributed by atoms with Crippen LogP contribution in [0, 0.1) is 6.42 Å². The third-order valence-electron chi connectivity index (χ3n) is 2.25. The maximum Gasteiger partial charge on any atom is 0.102 e. The van der Waals surface area contributed by atoms with E-state index >= 15 is 0 Å². The lowest BCUT2D eigenvalue weighted by Gasteiger charge is -1.99. The van der Waals surface area contributed by atoms with Crippen molar-refractivity contribution in [2.75, 3.05) is 0 Å². The lowest BCUT2D eigenvalue weighted by atomic mass is 10.1. The Labute approximate surface area is 98.7 Å². The molecule has 0 amide bonds. The van der Waals surface area contributed by atoms with E-state index in [1.165, 1.54) is 44.9 Å². The van der Waals surface area contributed by atoms with Gasteiger partial charge in [0, 0.05) is 0 Å². The van der Waals surface area contributed by atoms with Gasteiger partial charge in [-0.15, -0.1) is 0 Å². The Kier molecular flexibility index (Phi) is 11.7. The number of rotatable bonds is 9. The third-order valence-corrected chi connectivity index (χ3v) is 2.55. The van der Waals surface area contributed by atoms with Crippen molar-refractivity contribution in [3.63, 3.8) is 0 Å². The highest BCUT2D eigenvalue weighted by molar-refractivity contribution is 6.55. The molecule has 1 radical (unpaired) electrons. The molecule has 0 N–H and O–H groups in total. The predicted octanol–water partition coefficient (Wildman–Crippen LogP) is 5.65. The van der Waals surface area contributed by atoms with Gasteiger partial charge in [-0.05, 0) is 19.3 Å². The molecule has 0 aromatic carbocycles. The van der Waals surface area contributed by atoms with Crippen LogP contribution in [0.4, 0.5) is 0 Å². The Balaban J connectivity index is 2.96. The van der Waals surface area contributed by atoms with E-state index in [-0.39, 0.29) is 0 Å². The number of unbranched alkanes of at least 4 members (excludes halogenated alkanes) is 8. The van der Waals surface area contributed by atoms with E-state index in [9.17, 15) is 0 Å². The average molecular weight is 236 g/mol. The number of hydrogen-bond donors (Lipinski definition) is 0. The van der Waals surface area contributed by atoms with Gasteiger partial charge in [0.25, 0.3) is 0 Å². The monoisotopic (exact) mass is 235 g/mol. The highest BCUT2D eigenvalue weighted by Crippen LogP contribution is 2.12. The first kappa shape index (κ1) is 14.3. The van der Waals surface area contributed by atoms with Gasteiger partial charge in [-0.2, -0.15) is 0 Å². The minimum absolute atomic E-state index is 0.406. The minimum Gasteiger partial charge on any atom is -0.0713 e. The maximum atomic E-state index is 5.50. The summed E-state index contributed by atoms with van der Waals surface area (Å²) < 4.78 is 0.406. The molecule has 0 bridgehead atoms. The largest absolute Gasteiger partial charge is 0.102 e. The van der Waals surface area contributed by atoms with Crippen LogP contribution in [-0.2, 0) is 0 Å². The minimum atomic E-state index is 0.406. The number of halogens is 2. The number of allylic oxidation sites excluding steroid dienone is 1. The molecule has 0 saturated heterocycles. The van der Waals surface area contributed by atoms with Crippen molar-refractivity contribution in [3.05, 3.63) is 17.0 Å². The van der Waals surface area contributed by atoms with Gasteiger partial charge in [-0.3, -0.25) is 0 Å². The zero-order chi connectivity index (χ0) is 10.6. The van der Waals surface area contributed by atoms with Crippen molar-refractivity contribution in [2.45, 2.75) is 58.3 Å². The van der Waals surface area contributed by atoms with E-state index in [1.54, 1.807) is 0 Å². The van der Waals surface area contributed by atoms with Crippen LogP contribution in [0.1, 0.15) is 58.3 Å². The van der Waals surface area contributed by atoms with Crippen molar-refractivity contribution < 1.29 is 0 Å². The quantitative estimate of drug-likeness (QED) is 0.454. The van der Waals surface area contributed by atoms with Gasteiger partial charge in [-0.25, -0.2) is 0 Å². The van der Waals surface area contributed by atoms with Crippen molar-refractivity contribution in [2.24, 2.45) is 0 Å². The first-order valence-corrected chi connectivity index (χ1v) is 6.32.